The number of nitrogens with one attached hydrogen (secondary N) is 3. The van der Waals surface area contributed by atoms with E-state index >= 15 is 13.2 Å². The Bertz CT molecular complexity index is 1620. The summed E-state index contributed by atoms with van der Waals surface area (Å²) in [5, 5.41) is 39.7. The van der Waals surface area contributed by atoms with Crippen molar-refractivity contribution in [3.63, 3.8) is 0 Å². The second-order valence-corrected chi connectivity index (χ2v) is 15.8. The third-order valence-electron chi connectivity index (χ3n) is 11.6. The summed E-state index contributed by atoms with van der Waals surface area (Å²) in [4.78, 5) is 38.6. The Labute approximate surface area is 319 Å². The lowest BCUT2D eigenvalue weighted by Crippen LogP contribution is -2.28. The van der Waals surface area contributed by atoms with Crippen LogP contribution in [0.2, 0.25) is 0 Å². The Balaban J connectivity index is 1.29. The maximum Gasteiger partial charge on any atom is 0.307 e. The van der Waals surface area contributed by atoms with E-state index in [2.05, 4.69) is 16.0 Å². The van der Waals surface area contributed by atoms with Crippen molar-refractivity contribution in [3.8, 4) is 0 Å². The van der Waals surface area contributed by atoms with E-state index in [1.807, 2.05) is 4.90 Å². The zero-order valence-electron chi connectivity index (χ0n) is 30.9. The Morgan fingerprint density at radius 1 is 0.509 bits per heavy atom. The van der Waals surface area contributed by atoms with Gasteiger partial charge in [0.15, 0.2) is 0 Å². The molecule has 0 radical (unpaired) electrons. The van der Waals surface area contributed by atoms with Gasteiger partial charge < -0.3 is 31.3 Å². The summed E-state index contributed by atoms with van der Waals surface area (Å²) in [6.07, 6.45) is 2.59. The van der Waals surface area contributed by atoms with E-state index in [0.717, 1.165) is 19.6 Å². The number of carboxylic acids is 3. The van der Waals surface area contributed by atoms with E-state index in [1.165, 1.54) is 36.4 Å². The summed E-state index contributed by atoms with van der Waals surface area (Å²) >= 11 is 0. The molecule has 55 heavy (non-hydrogen) atoms. The van der Waals surface area contributed by atoms with Crippen molar-refractivity contribution in [2.45, 2.75) is 58.2 Å². The first kappa shape index (κ1) is 40.4. The maximum absolute atomic E-state index is 15.2. The highest BCUT2D eigenvalue weighted by Gasteiger charge is 2.33. The Hall–Kier alpha value is -4.30. The van der Waals surface area contributed by atoms with E-state index in [-0.39, 0.29) is 56.7 Å². The number of carbonyl (C=O) groups is 3. The molecule has 296 valence electrons. The number of halogens is 3. The average molecular weight is 765 g/mol. The van der Waals surface area contributed by atoms with Gasteiger partial charge >= 0.3 is 17.9 Å². The van der Waals surface area contributed by atoms with Crippen molar-refractivity contribution in [2.75, 3.05) is 39.3 Å². The van der Waals surface area contributed by atoms with Crippen LogP contribution in [0.25, 0.3) is 0 Å². The van der Waals surface area contributed by atoms with Gasteiger partial charge in [0.05, 0.1) is 17.8 Å². The Kier molecular flexibility index (Phi) is 13.6. The largest absolute Gasteiger partial charge is 0.481 e. The fourth-order valence-corrected chi connectivity index (χ4v) is 8.91. The van der Waals surface area contributed by atoms with E-state index < -0.39 is 53.1 Å². The van der Waals surface area contributed by atoms with Crippen LogP contribution in [-0.2, 0) is 53.3 Å². The molecule has 3 aromatic rings. The third kappa shape index (κ3) is 11.2. The number of hydrogen-bond acceptors (Lipinski definition) is 7. The molecule has 3 aliphatic rings. The molecule has 10 nitrogen and oxygen atoms in total. The molecule has 0 saturated carbocycles. The summed E-state index contributed by atoms with van der Waals surface area (Å²) in [6.45, 7) is 4.34. The highest BCUT2D eigenvalue weighted by atomic mass is 19.1. The molecule has 0 amide bonds. The minimum absolute atomic E-state index is 0.0821. The molecule has 6 unspecified atom stereocenters. The highest BCUT2D eigenvalue weighted by molar-refractivity contribution is 5.72. The first-order valence-electron chi connectivity index (χ1n) is 19.3. The van der Waals surface area contributed by atoms with Crippen LogP contribution in [0.1, 0.15) is 52.6 Å². The number of nitrogens with zero attached hydrogens (tertiary/aromatic N) is 1. The topological polar surface area (TPSA) is 151 Å². The standard InChI is InChI=1S/C42H51F3N4O6/c43-34-10-25(16-37(40(50)51)31-1-4-46-19-31)7-28(13-34)22-49(23-29-8-26(11-35(44)14-29)17-38(41(52)53)32-2-5-47-20-32)24-30-9-27(12-36(45)15-30)18-39(42(54)55)33-3-6-48-21-33/h7-15,31-33,37-39,46-48H,1-6,16-24H2,(H,50,51)(H,52,53)(H,54,55). The van der Waals surface area contributed by atoms with Crippen molar-refractivity contribution >= 4 is 17.9 Å². The average Bonchev–Trinajstić information content (AvgIpc) is 3.93. The van der Waals surface area contributed by atoms with Gasteiger partial charge in [0.2, 0.25) is 0 Å². The molecule has 0 aliphatic carbocycles. The molecule has 13 heteroatoms. The SMILES string of the molecule is O=C(O)C(Cc1cc(F)cc(CN(Cc2cc(F)cc(CC(C(=O)O)C3CCNC3)c2)Cc2cc(F)cc(CC(C(=O)O)C3CCNC3)c2)c1)C1CCNC1. The first-order valence-corrected chi connectivity index (χ1v) is 19.3. The van der Waals surface area contributed by atoms with Crippen LogP contribution in [0.3, 0.4) is 0 Å². The summed E-state index contributed by atoms with van der Waals surface area (Å²) in [5.74, 6) is -6.71. The highest BCUT2D eigenvalue weighted by Crippen LogP contribution is 2.29. The lowest BCUT2D eigenvalue weighted by atomic mass is 9.85. The number of carboxylic acid groups (broad SMARTS) is 3. The van der Waals surface area contributed by atoms with Gasteiger partial charge in [0.25, 0.3) is 0 Å². The van der Waals surface area contributed by atoms with Crippen LogP contribution in [0, 0.1) is 53.0 Å². The zero-order chi connectivity index (χ0) is 39.1. The number of rotatable bonds is 18. The molecule has 0 aromatic heterocycles. The van der Waals surface area contributed by atoms with Crippen LogP contribution in [0.4, 0.5) is 13.2 Å². The van der Waals surface area contributed by atoms with E-state index in [1.54, 1.807) is 18.2 Å². The van der Waals surface area contributed by atoms with Gasteiger partial charge in [-0.1, -0.05) is 18.2 Å². The molecule has 3 aromatic carbocycles. The maximum atomic E-state index is 15.2. The van der Waals surface area contributed by atoms with E-state index in [4.69, 9.17) is 0 Å². The van der Waals surface area contributed by atoms with Crippen molar-refractivity contribution in [3.05, 3.63) is 105 Å². The summed E-state index contributed by atoms with van der Waals surface area (Å²) in [6, 6.07) is 13.5. The van der Waals surface area contributed by atoms with Gasteiger partial charge in [0, 0.05) is 19.6 Å². The fourth-order valence-electron chi connectivity index (χ4n) is 8.91. The predicted octanol–water partition coefficient (Wildman–Crippen LogP) is 4.86. The number of hydrogen-bond donors (Lipinski definition) is 6. The molecule has 3 saturated heterocycles. The third-order valence-corrected chi connectivity index (χ3v) is 11.6. The zero-order valence-corrected chi connectivity index (χ0v) is 30.9. The quantitative estimate of drug-likeness (QED) is 0.106. The molecular formula is C42H51F3N4O6. The Morgan fingerprint density at radius 2 is 0.782 bits per heavy atom. The smallest absolute Gasteiger partial charge is 0.307 e. The molecule has 0 spiro atoms. The predicted molar refractivity (Wildman–Crippen MR) is 200 cm³/mol. The van der Waals surface area contributed by atoms with Crippen LogP contribution in [0.15, 0.2) is 54.6 Å². The molecule has 0 bridgehead atoms. The van der Waals surface area contributed by atoms with Gasteiger partial charge in [-0.05, 0) is 165 Å². The van der Waals surface area contributed by atoms with Crippen molar-refractivity contribution in [2.24, 2.45) is 35.5 Å². The summed E-state index contributed by atoms with van der Waals surface area (Å²) in [7, 11) is 0. The molecule has 3 fully saturated rings. The van der Waals surface area contributed by atoms with Crippen LogP contribution < -0.4 is 16.0 Å². The van der Waals surface area contributed by atoms with Gasteiger partial charge in [-0.3, -0.25) is 19.3 Å². The van der Waals surface area contributed by atoms with Gasteiger partial charge in [-0.2, -0.15) is 0 Å². The van der Waals surface area contributed by atoms with E-state index in [9.17, 15) is 29.7 Å². The Morgan fingerprint density at radius 3 is 1.02 bits per heavy atom. The van der Waals surface area contributed by atoms with E-state index in [0.29, 0.717) is 72.3 Å². The van der Waals surface area contributed by atoms with Gasteiger partial charge in [0.1, 0.15) is 17.5 Å². The van der Waals surface area contributed by atoms with Crippen molar-refractivity contribution in [1.82, 2.24) is 20.9 Å². The molecule has 3 heterocycles. The molecular weight excluding hydrogens is 713 g/mol. The van der Waals surface area contributed by atoms with Crippen molar-refractivity contribution in [1.29, 1.82) is 0 Å². The second-order valence-electron chi connectivity index (χ2n) is 15.8. The van der Waals surface area contributed by atoms with Crippen molar-refractivity contribution < 1.29 is 42.9 Å². The number of aliphatic carboxylic acids is 3. The lowest BCUT2D eigenvalue weighted by Gasteiger charge is -2.25. The fraction of sp³-hybridized carbons (Fsp3) is 0.500. The molecule has 6 N–H and O–H groups in total. The number of benzene rings is 3. The van der Waals surface area contributed by atoms with Gasteiger partial charge in [-0.25, -0.2) is 13.2 Å². The second kappa shape index (κ2) is 18.6. The molecule has 6 rings (SSSR count). The normalized spacial score (nSPS) is 21.5. The molecule has 6 atom stereocenters. The summed E-state index contributed by atoms with van der Waals surface area (Å²) < 4.78 is 45.7. The van der Waals surface area contributed by atoms with Crippen LogP contribution in [0.5, 0.6) is 0 Å². The summed E-state index contributed by atoms with van der Waals surface area (Å²) in [5.41, 5.74) is 3.27. The van der Waals surface area contributed by atoms with Crippen LogP contribution in [-0.4, -0.2) is 77.4 Å². The molecule has 3 aliphatic heterocycles. The lowest BCUT2D eigenvalue weighted by molar-refractivity contribution is -0.144. The van der Waals surface area contributed by atoms with Gasteiger partial charge in [-0.15, -0.1) is 0 Å². The van der Waals surface area contributed by atoms with Crippen LogP contribution >= 0.6 is 0 Å². The monoisotopic (exact) mass is 764 g/mol. The minimum atomic E-state index is -0.936. The first-order chi connectivity index (χ1) is 26.4. The minimum Gasteiger partial charge on any atom is -0.481 e.